The van der Waals surface area contributed by atoms with Crippen LogP contribution in [0.1, 0.15) is 23.4 Å². The first-order valence-corrected chi connectivity index (χ1v) is 4.84. The van der Waals surface area contributed by atoms with E-state index in [1.165, 1.54) is 0 Å². The topological polar surface area (TPSA) is 59.5 Å². The fraction of sp³-hybridized carbons (Fsp3) is 0.500. The molecule has 4 heteroatoms. The smallest absolute Gasteiger partial charge is 0.185 e. The SMILES string of the molecule is NC1CCCN(c2coc(C=O)c2)C1. The predicted octanol–water partition coefficient (Wildman–Crippen LogP) is 1.02. The maximum atomic E-state index is 10.4. The first-order chi connectivity index (χ1) is 6.79. The fourth-order valence-corrected chi connectivity index (χ4v) is 1.81. The highest BCUT2D eigenvalue weighted by atomic mass is 16.3. The highest BCUT2D eigenvalue weighted by molar-refractivity contribution is 5.73. The molecule has 1 aromatic heterocycles. The van der Waals surface area contributed by atoms with Crippen molar-refractivity contribution in [2.45, 2.75) is 18.9 Å². The molecule has 1 aromatic rings. The molecule has 0 radical (unpaired) electrons. The van der Waals surface area contributed by atoms with Gasteiger partial charge in [-0.1, -0.05) is 0 Å². The summed E-state index contributed by atoms with van der Waals surface area (Å²) in [5.41, 5.74) is 6.82. The van der Waals surface area contributed by atoms with Crippen molar-refractivity contribution < 1.29 is 9.21 Å². The minimum absolute atomic E-state index is 0.235. The number of hydrogen-bond donors (Lipinski definition) is 1. The van der Waals surface area contributed by atoms with Crippen LogP contribution in [0.2, 0.25) is 0 Å². The molecule has 1 saturated heterocycles. The maximum Gasteiger partial charge on any atom is 0.185 e. The van der Waals surface area contributed by atoms with Gasteiger partial charge in [0, 0.05) is 25.2 Å². The summed E-state index contributed by atoms with van der Waals surface area (Å²) < 4.78 is 5.05. The molecule has 1 fully saturated rings. The molecule has 2 N–H and O–H groups in total. The van der Waals surface area contributed by atoms with E-state index in [9.17, 15) is 4.79 Å². The van der Waals surface area contributed by atoms with Crippen LogP contribution in [0.3, 0.4) is 0 Å². The highest BCUT2D eigenvalue weighted by Gasteiger charge is 2.18. The lowest BCUT2D eigenvalue weighted by Gasteiger charge is -2.31. The molecule has 76 valence electrons. The Morgan fingerprint density at radius 1 is 1.64 bits per heavy atom. The van der Waals surface area contributed by atoms with Crippen molar-refractivity contribution in [1.29, 1.82) is 0 Å². The number of rotatable bonds is 2. The van der Waals surface area contributed by atoms with Gasteiger partial charge in [0.2, 0.25) is 0 Å². The Morgan fingerprint density at radius 3 is 3.14 bits per heavy atom. The van der Waals surface area contributed by atoms with Gasteiger partial charge in [-0.05, 0) is 12.8 Å². The van der Waals surface area contributed by atoms with Gasteiger partial charge in [-0.3, -0.25) is 4.79 Å². The summed E-state index contributed by atoms with van der Waals surface area (Å²) in [6.45, 7) is 1.84. The lowest BCUT2D eigenvalue weighted by molar-refractivity contribution is 0.110. The lowest BCUT2D eigenvalue weighted by atomic mass is 10.1. The number of hydrogen-bond acceptors (Lipinski definition) is 4. The molecule has 1 aliphatic heterocycles. The Labute approximate surface area is 82.7 Å². The zero-order chi connectivity index (χ0) is 9.97. The quantitative estimate of drug-likeness (QED) is 0.714. The number of nitrogens with zero attached hydrogens (tertiary/aromatic N) is 1. The van der Waals surface area contributed by atoms with Crippen LogP contribution in [0, 0.1) is 0 Å². The van der Waals surface area contributed by atoms with Crippen molar-refractivity contribution in [2.24, 2.45) is 5.73 Å². The van der Waals surface area contributed by atoms with Gasteiger partial charge in [0.05, 0.1) is 5.69 Å². The average molecular weight is 194 g/mol. The van der Waals surface area contributed by atoms with Crippen LogP contribution in [-0.2, 0) is 0 Å². The normalized spacial score (nSPS) is 22.4. The number of piperidine rings is 1. The van der Waals surface area contributed by atoms with E-state index in [4.69, 9.17) is 10.2 Å². The first kappa shape index (κ1) is 9.27. The van der Waals surface area contributed by atoms with Crippen molar-refractivity contribution in [2.75, 3.05) is 18.0 Å². The standard InChI is InChI=1S/C10H14N2O2/c11-8-2-1-3-12(5-8)9-4-10(6-13)14-7-9/h4,6-8H,1-3,5,11H2. The monoisotopic (exact) mass is 194 g/mol. The van der Waals surface area contributed by atoms with Crippen LogP contribution in [0.25, 0.3) is 0 Å². The summed E-state index contributed by atoms with van der Waals surface area (Å²) in [4.78, 5) is 12.6. The fourth-order valence-electron chi connectivity index (χ4n) is 1.81. The third-order valence-corrected chi connectivity index (χ3v) is 2.55. The maximum absolute atomic E-state index is 10.4. The summed E-state index contributed by atoms with van der Waals surface area (Å²) in [7, 11) is 0. The first-order valence-electron chi connectivity index (χ1n) is 4.84. The summed E-state index contributed by atoms with van der Waals surface area (Å²) in [5.74, 6) is 0.374. The van der Waals surface area contributed by atoms with Gasteiger partial charge in [0.25, 0.3) is 0 Å². The Balaban J connectivity index is 2.09. The summed E-state index contributed by atoms with van der Waals surface area (Å²) in [5, 5.41) is 0. The molecule has 0 spiro atoms. The van der Waals surface area contributed by atoms with E-state index in [0.717, 1.165) is 31.6 Å². The van der Waals surface area contributed by atoms with Crippen molar-refractivity contribution >= 4 is 12.0 Å². The summed E-state index contributed by atoms with van der Waals surface area (Å²) in [6.07, 6.45) is 4.51. The molecule has 4 nitrogen and oxygen atoms in total. The lowest BCUT2D eigenvalue weighted by Crippen LogP contribution is -2.42. The molecule has 0 aromatic carbocycles. The number of anilines is 1. The molecular formula is C10H14N2O2. The molecule has 2 heterocycles. The molecule has 2 rings (SSSR count). The van der Waals surface area contributed by atoms with E-state index in [0.29, 0.717) is 12.0 Å². The van der Waals surface area contributed by atoms with Gasteiger partial charge in [-0.15, -0.1) is 0 Å². The molecule has 14 heavy (non-hydrogen) atoms. The molecule has 0 bridgehead atoms. The van der Waals surface area contributed by atoms with Gasteiger partial charge < -0.3 is 15.1 Å². The molecule has 0 saturated carbocycles. The molecular weight excluding hydrogens is 180 g/mol. The minimum Gasteiger partial charge on any atom is -0.459 e. The molecule has 0 amide bonds. The van der Waals surface area contributed by atoms with Crippen molar-refractivity contribution in [3.63, 3.8) is 0 Å². The number of furan rings is 1. The van der Waals surface area contributed by atoms with E-state index >= 15 is 0 Å². The second-order valence-corrected chi connectivity index (χ2v) is 3.67. The van der Waals surface area contributed by atoms with Crippen LogP contribution in [0.4, 0.5) is 5.69 Å². The third kappa shape index (κ3) is 1.80. The van der Waals surface area contributed by atoms with Crippen LogP contribution < -0.4 is 10.6 Å². The third-order valence-electron chi connectivity index (χ3n) is 2.55. The average Bonchev–Trinajstić information content (AvgIpc) is 2.66. The minimum atomic E-state index is 0.235. The van der Waals surface area contributed by atoms with Crippen molar-refractivity contribution in [1.82, 2.24) is 0 Å². The summed E-state index contributed by atoms with van der Waals surface area (Å²) in [6, 6.07) is 1.99. The van der Waals surface area contributed by atoms with E-state index in [-0.39, 0.29) is 6.04 Å². The highest BCUT2D eigenvalue weighted by Crippen LogP contribution is 2.21. The van der Waals surface area contributed by atoms with Gasteiger partial charge >= 0.3 is 0 Å². The zero-order valence-corrected chi connectivity index (χ0v) is 7.98. The van der Waals surface area contributed by atoms with Gasteiger partial charge in [0.15, 0.2) is 12.0 Å². The Kier molecular flexibility index (Phi) is 2.54. The van der Waals surface area contributed by atoms with Crippen LogP contribution in [0.5, 0.6) is 0 Å². The molecule has 0 aliphatic carbocycles. The van der Waals surface area contributed by atoms with Crippen LogP contribution in [-0.4, -0.2) is 25.4 Å². The van der Waals surface area contributed by atoms with E-state index < -0.39 is 0 Å². The molecule has 1 unspecified atom stereocenters. The Hall–Kier alpha value is -1.29. The summed E-state index contributed by atoms with van der Waals surface area (Å²) >= 11 is 0. The molecule has 1 aliphatic rings. The number of carbonyl (C=O) groups excluding carboxylic acids is 1. The van der Waals surface area contributed by atoms with Crippen LogP contribution in [0.15, 0.2) is 16.7 Å². The largest absolute Gasteiger partial charge is 0.459 e. The van der Waals surface area contributed by atoms with Crippen LogP contribution >= 0.6 is 0 Å². The van der Waals surface area contributed by atoms with Gasteiger partial charge in [0.1, 0.15) is 6.26 Å². The number of carbonyl (C=O) groups is 1. The predicted molar refractivity (Wildman–Crippen MR) is 53.5 cm³/mol. The van der Waals surface area contributed by atoms with E-state index in [1.807, 2.05) is 0 Å². The Morgan fingerprint density at radius 2 is 2.50 bits per heavy atom. The Bertz CT molecular complexity index is 322. The number of nitrogens with two attached hydrogens (primary N) is 1. The van der Waals surface area contributed by atoms with E-state index in [1.54, 1.807) is 12.3 Å². The van der Waals surface area contributed by atoms with Gasteiger partial charge in [-0.25, -0.2) is 0 Å². The second kappa shape index (κ2) is 3.84. The second-order valence-electron chi connectivity index (χ2n) is 3.67. The van der Waals surface area contributed by atoms with Crippen molar-refractivity contribution in [3.8, 4) is 0 Å². The zero-order valence-electron chi connectivity index (χ0n) is 7.98. The van der Waals surface area contributed by atoms with Crippen molar-refractivity contribution in [3.05, 3.63) is 18.1 Å². The van der Waals surface area contributed by atoms with Gasteiger partial charge in [-0.2, -0.15) is 0 Å². The number of aldehydes is 1. The molecule has 1 atom stereocenters. The van der Waals surface area contributed by atoms with E-state index in [2.05, 4.69) is 4.90 Å².